The van der Waals surface area contributed by atoms with Crippen LogP contribution in [-0.2, 0) is 0 Å². The van der Waals surface area contributed by atoms with Gasteiger partial charge in [-0.3, -0.25) is 0 Å². The van der Waals surface area contributed by atoms with E-state index in [0.717, 1.165) is 0 Å². The first-order valence-electron chi connectivity index (χ1n) is 2.72. The van der Waals surface area contributed by atoms with E-state index in [4.69, 9.17) is 5.11 Å². The standard InChI is InChI=1S/C7H8OSe/c8-6-9-7-4-2-1-3-5-7/h1-5,8H,6H2. The van der Waals surface area contributed by atoms with Crippen molar-refractivity contribution in [3.63, 3.8) is 0 Å². The van der Waals surface area contributed by atoms with Crippen molar-refractivity contribution in [3.05, 3.63) is 30.3 Å². The molecular formula is C7H8OSe. The number of hydrogen-bond donors (Lipinski definition) is 1. The molecule has 48 valence electrons. The summed E-state index contributed by atoms with van der Waals surface area (Å²) in [6.45, 7) is 0. The van der Waals surface area contributed by atoms with E-state index in [9.17, 15) is 0 Å². The van der Waals surface area contributed by atoms with Gasteiger partial charge >= 0.3 is 60.4 Å². The minimum absolute atomic E-state index is 0.265. The third-order valence-electron chi connectivity index (χ3n) is 0.974. The fraction of sp³-hybridized carbons (Fsp3) is 0.143. The van der Waals surface area contributed by atoms with Gasteiger partial charge in [0.1, 0.15) is 0 Å². The molecule has 0 aliphatic heterocycles. The van der Waals surface area contributed by atoms with Crippen molar-refractivity contribution < 1.29 is 5.11 Å². The average molecular weight is 187 g/mol. The van der Waals surface area contributed by atoms with Crippen molar-refractivity contribution in [2.45, 2.75) is 0 Å². The van der Waals surface area contributed by atoms with Crippen molar-refractivity contribution in [3.8, 4) is 0 Å². The Balaban J connectivity index is 2.61. The first-order valence-corrected chi connectivity index (χ1v) is 4.79. The zero-order valence-electron chi connectivity index (χ0n) is 4.95. The van der Waals surface area contributed by atoms with E-state index < -0.39 is 0 Å². The average Bonchev–Trinajstić information content (AvgIpc) is 1.91. The molecule has 1 N–H and O–H groups in total. The summed E-state index contributed by atoms with van der Waals surface area (Å²) in [5, 5.41) is 8.55. The number of aliphatic hydroxyl groups excluding tert-OH is 1. The van der Waals surface area contributed by atoms with Gasteiger partial charge in [0.2, 0.25) is 0 Å². The summed E-state index contributed by atoms with van der Waals surface area (Å²) in [5.74, 6) is 0. The monoisotopic (exact) mass is 188 g/mol. The number of benzene rings is 1. The summed E-state index contributed by atoms with van der Waals surface area (Å²) in [7, 11) is 0. The summed E-state index contributed by atoms with van der Waals surface area (Å²) >= 11 is 0.265. The Hall–Kier alpha value is -0.301. The van der Waals surface area contributed by atoms with Crippen LogP contribution in [0.25, 0.3) is 0 Å². The number of rotatable bonds is 2. The van der Waals surface area contributed by atoms with Gasteiger partial charge in [0, 0.05) is 0 Å². The summed E-state index contributed by atoms with van der Waals surface area (Å²) in [4.78, 5) is 0. The molecule has 1 aromatic carbocycles. The van der Waals surface area contributed by atoms with Crippen molar-refractivity contribution >= 4 is 19.4 Å². The minimum atomic E-state index is 0.265. The van der Waals surface area contributed by atoms with E-state index in [2.05, 4.69) is 0 Å². The van der Waals surface area contributed by atoms with Crippen LogP contribution in [-0.4, -0.2) is 25.6 Å². The topological polar surface area (TPSA) is 20.2 Å². The third kappa shape index (κ3) is 2.18. The Morgan fingerprint density at radius 2 is 1.89 bits per heavy atom. The maximum atomic E-state index is 8.55. The van der Waals surface area contributed by atoms with Gasteiger partial charge in [-0.05, 0) is 0 Å². The van der Waals surface area contributed by atoms with Gasteiger partial charge in [-0.25, -0.2) is 0 Å². The molecule has 0 aliphatic carbocycles. The van der Waals surface area contributed by atoms with Crippen LogP contribution >= 0.6 is 0 Å². The van der Waals surface area contributed by atoms with E-state index in [1.54, 1.807) is 0 Å². The van der Waals surface area contributed by atoms with Crippen LogP contribution in [0.15, 0.2) is 30.3 Å². The Labute approximate surface area is 60.9 Å². The molecule has 0 aliphatic rings. The normalized spacial score (nSPS) is 9.44. The van der Waals surface area contributed by atoms with E-state index in [1.807, 2.05) is 30.3 Å². The Morgan fingerprint density at radius 3 is 2.44 bits per heavy atom. The SMILES string of the molecule is OC[Se]c1ccccc1. The zero-order chi connectivity index (χ0) is 6.53. The molecule has 0 saturated carbocycles. The molecule has 0 heterocycles. The predicted octanol–water partition coefficient (Wildman–Crippen LogP) is -0.0341. The Bertz CT molecular complexity index is 162. The van der Waals surface area contributed by atoms with Gasteiger partial charge in [0.25, 0.3) is 0 Å². The van der Waals surface area contributed by atoms with Gasteiger partial charge in [-0.1, -0.05) is 0 Å². The van der Waals surface area contributed by atoms with Crippen molar-refractivity contribution in [2.24, 2.45) is 0 Å². The third-order valence-corrected chi connectivity index (χ3v) is 2.52. The van der Waals surface area contributed by atoms with Crippen molar-refractivity contribution in [1.82, 2.24) is 0 Å². The van der Waals surface area contributed by atoms with Crippen molar-refractivity contribution in [1.29, 1.82) is 0 Å². The van der Waals surface area contributed by atoms with E-state index in [1.165, 1.54) is 4.46 Å². The molecule has 0 saturated heterocycles. The van der Waals surface area contributed by atoms with E-state index in [-0.39, 0.29) is 15.0 Å². The van der Waals surface area contributed by atoms with Crippen LogP contribution in [0, 0.1) is 0 Å². The van der Waals surface area contributed by atoms with E-state index in [0.29, 0.717) is 5.51 Å². The molecule has 2 heteroatoms. The zero-order valence-corrected chi connectivity index (χ0v) is 6.66. The van der Waals surface area contributed by atoms with Crippen molar-refractivity contribution in [2.75, 3.05) is 5.51 Å². The molecular weight excluding hydrogens is 179 g/mol. The van der Waals surface area contributed by atoms with Gasteiger partial charge < -0.3 is 0 Å². The Morgan fingerprint density at radius 1 is 1.22 bits per heavy atom. The molecule has 0 spiro atoms. The molecule has 1 nitrogen and oxygen atoms in total. The number of hydrogen-bond acceptors (Lipinski definition) is 1. The van der Waals surface area contributed by atoms with Gasteiger partial charge in [0.15, 0.2) is 0 Å². The molecule has 0 atom stereocenters. The van der Waals surface area contributed by atoms with Crippen LogP contribution in [0.2, 0.25) is 0 Å². The summed E-state index contributed by atoms with van der Waals surface area (Å²) in [5.41, 5.74) is 0.303. The van der Waals surface area contributed by atoms with Gasteiger partial charge in [0.05, 0.1) is 0 Å². The maximum absolute atomic E-state index is 8.55. The number of aliphatic hydroxyl groups is 1. The molecule has 9 heavy (non-hydrogen) atoms. The second-order valence-corrected chi connectivity index (χ2v) is 3.72. The van der Waals surface area contributed by atoms with Crippen LogP contribution in [0.5, 0.6) is 0 Å². The Kier molecular flexibility index (Phi) is 2.78. The van der Waals surface area contributed by atoms with Crippen LogP contribution in [0.1, 0.15) is 0 Å². The molecule has 1 rings (SSSR count). The summed E-state index contributed by atoms with van der Waals surface area (Å²) in [6, 6.07) is 10.0. The molecule has 0 amide bonds. The fourth-order valence-corrected chi connectivity index (χ4v) is 1.64. The quantitative estimate of drug-likeness (QED) is 0.644. The first-order chi connectivity index (χ1) is 4.43. The van der Waals surface area contributed by atoms with Crippen LogP contribution < -0.4 is 4.46 Å². The molecule has 1 aromatic rings. The molecule has 0 bridgehead atoms. The van der Waals surface area contributed by atoms with E-state index >= 15 is 0 Å². The molecule has 0 unspecified atom stereocenters. The van der Waals surface area contributed by atoms with Gasteiger partial charge in [-0.2, -0.15) is 0 Å². The van der Waals surface area contributed by atoms with Gasteiger partial charge in [-0.15, -0.1) is 0 Å². The second kappa shape index (κ2) is 3.67. The fourth-order valence-electron chi connectivity index (χ4n) is 0.591. The first kappa shape index (κ1) is 6.81. The predicted molar refractivity (Wildman–Crippen MR) is 38.9 cm³/mol. The van der Waals surface area contributed by atoms with Crippen LogP contribution in [0.4, 0.5) is 0 Å². The summed E-state index contributed by atoms with van der Waals surface area (Å²) in [6.07, 6.45) is 0. The molecule has 0 radical (unpaired) electrons. The molecule has 0 fully saturated rings. The molecule has 0 aromatic heterocycles. The van der Waals surface area contributed by atoms with Crippen LogP contribution in [0.3, 0.4) is 0 Å². The second-order valence-electron chi connectivity index (χ2n) is 1.59. The summed E-state index contributed by atoms with van der Waals surface area (Å²) < 4.78 is 1.26.